The average molecular weight is 513 g/mol. The van der Waals surface area contributed by atoms with Gasteiger partial charge in [0.25, 0.3) is 5.91 Å². The van der Waals surface area contributed by atoms with Gasteiger partial charge in [-0.15, -0.1) is 0 Å². The number of anilines is 3. The van der Waals surface area contributed by atoms with Crippen LogP contribution in [0.15, 0.2) is 30.3 Å². The van der Waals surface area contributed by atoms with Crippen LogP contribution in [0.4, 0.5) is 17.2 Å². The molecule has 1 amide bonds. The first kappa shape index (κ1) is 25.0. The van der Waals surface area contributed by atoms with E-state index in [2.05, 4.69) is 19.9 Å². The largest absolute Gasteiger partial charge is 0.384 e. The van der Waals surface area contributed by atoms with Crippen LogP contribution in [0.1, 0.15) is 80.9 Å². The number of rotatable bonds is 7. The molecule has 3 N–H and O–H groups in total. The summed E-state index contributed by atoms with van der Waals surface area (Å²) in [5.74, 6) is 0.0464. The van der Waals surface area contributed by atoms with Crippen molar-refractivity contribution in [3.63, 3.8) is 0 Å². The van der Waals surface area contributed by atoms with Crippen molar-refractivity contribution in [2.45, 2.75) is 76.6 Å². The molecule has 1 aromatic carbocycles. The lowest BCUT2D eigenvalue weighted by Gasteiger charge is -2.35. The second-order valence-corrected chi connectivity index (χ2v) is 13.9. The Morgan fingerprint density at radius 3 is 2.31 bits per heavy atom. The number of piperidine rings is 1. The van der Waals surface area contributed by atoms with E-state index in [1.807, 2.05) is 6.92 Å². The predicted molar refractivity (Wildman–Crippen MR) is 142 cm³/mol. The lowest BCUT2D eigenvalue weighted by molar-refractivity contribution is 0.0738. The summed E-state index contributed by atoms with van der Waals surface area (Å²) in [6.45, 7) is 8.63. The van der Waals surface area contributed by atoms with Crippen LogP contribution in [0.2, 0.25) is 0 Å². The molecule has 0 atom stereocenters. The van der Waals surface area contributed by atoms with Crippen molar-refractivity contribution < 1.29 is 18.3 Å². The van der Waals surface area contributed by atoms with Gasteiger partial charge < -0.3 is 15.3 Å². The van der Waals surface area contributed by atoms with Crippen molar-refractivity contribution >= 4 is 33.1 Å². The molecule has 1 aliphatic heterocycles. The van der Waals surface area contributed by atoms with Gasteiger partial charge in [0.15, 0.2) is 0 Å². The Morgan fingerprint density at radius 1 is 1.06 bits per heavy atom. The topological polar surface area (TPSA) is 112 Å². The molecule has 1 aromatic heterocycles. The molecule has 194 valence electrons. The Bertz CT molecular complexity index is 1300. The number of hydrogen-bond donors (Lipinski definition) is 3. The number of aliphatic hydroxyl groups is 1. The van der Waals surface area contributed by atoms with Crippen LogP contribution < -0.4 is 14.9 Å². The third kappa shape index (κ3) is 4.95. The Morgan fingerprint density at radius 2 is 1.72 bits per heavy atom. The summed E-state index contributed by atoms with van der Waals surface area (Å²) >= 11 is 0. The van der Waals surface area contributed by atoms with Crippen LogP contribution in [0.5, 0.6) is 0 Å². The third-order valence-electron chi connectivity index (χ3n) is 8.06. The molecule has 0 bridgehead atoms. The summed E-state index contributed by atoms with van der Waals surface area (Å²) in [6.07, 6.45) is 6.01. The van der Waals surface area contributed by atoms with E-state index in [9.17, 15) is 18.3 Å². The fourth-order valence-electron chi connectivity index (χ4n) is 4.90. The van der Waals surface area contributed by atoms with Crippen molar-refractivity contribution in [2.24, 2.45) is 5.41 Å². The van der Waals surface area contributed by atoms with Crippen molar-refractivity contribution in [1.29, 1.82) is 0 Å². The number of sulfonamides is 1. The van der Waals surface area contributed by atoms with Gasteiger partial charge in [-0.3, -0.25) is 9.52 Å². The first-order chi connectivity index (χ1) is 16.8. The summed E-state index contributed by atoms with van der Waals surface area (Å²) in [5.41, 5.74) is 2.34. The van der Waals surface area contributed by atoms with E-state index in [4.69, 9.17) is 0 Å². The second-order valence-electron chi connectivity index (χ2n) is 11.7. The molecular formula is C27H36N4O4S. The van der Waals surface area contributed by atoms with Crippen molar-refractivity contribution in [3.05, 3.63) is 47.2 Å². The second kappa shape index (κ2) is 8.45. The Labute approximate surface area is 213 Å². The van der Waals surface area contributed by atoms with Crippen molar-refractivity contribution in [1.82, 2.24) is 4.98 Å². The van der Waals surface area contributed by atoms with E-state index in [-0.39, 0.29) is 5.91 Å². The van der Waals surface area contributed by atoms with E-state index in [0.717, 1.165) is 37.2 Å². The van der Waals surface area contributed by atoms with Gasteiger partial charge in [-0.1, -0.05) is 0 Å². The maximum absolute atomic E-state index is 13.5. The van der Waals surface area contributed by atoms with E-state index in [1.54, 1.807) is 51.1 Å². The Hall–Kier alpha value is -2.65. The quantitative estimate of drug-likeness (QED) is 0.502. The number of amides is 1. The first-order valence-corrected chi connectivity index (χ1v) is 14.2. The van der Waals surface area contributed by atoms with Gasteiger partial charge in [-0.2, -0.15) is 0 Å². The summed E-state index contributed by atoms with van der Waals surface area (Å²) < 4.78 is 27.7. The molecule has 3 fully saturated rings. The normalized spacial score (nSPS) is 20.2. The number of aromatic nitrogens is 1. The monoisotopic (exact) mass is 512 g/mol. The van der Waals surface area contributed by atoms with Crippen LogP contribution in [-0.4, -0.2) is 42.3 Å². The zero-order valence-corrected chi connectivity index (χ0v) is 22.3. The number of pyridine rings is 1. The molecule has 1 spiro atoms. The molecule has 2 aliphatic carbocycles. The minimum absolute atomic E-state index is 0.319. The molecule has 36 heavy (non-hydrogen) atoms. The number of aryl methyl sites for hydroxylation is 1. The van der Waals surface area contributed by atoms with Gasteiger partial charge in [0.05, 0.1) is 27.4 Å². The highest BCUT2D eigenvalue weighted by atomic mass is 32.2. The summed E-state index contributed by atoms with van der Waals surface area (Å²) in [4.78, 5) is 20.1. The molecule has 0 unspecified atom stereocenters. The molecule has 2 saturated carbocycles. The van der Waals surface area contributed by atoms with Crippen LogP contribution in [-0.2, 0) is 15.6 Å². The predicted octanol–water partition coefficient (Wildman–Crippen LogP) is 4.54. The number of nitrogens with zero attached hydrogens (tertiary/aromatic N) is 2. The van der Waals surface area contributed by atoms with E-state index < -0.39 is 20.4 Å². The van der Waals surface area contributed by atoms with Crippen LogP contribution in [0.3, 0.4) is 0 Å². The van der Waals surface area contributed by atoms with Crippen LogP contribution in [0, 0.1) is 12.3 Å². The fourth-order valence-corrected chi connectivity index (χ4v) is 6.22. The van der Waals surface area contributed by atoms with E-state index in [0.29, 0.717) is 41.0 Å². The number of benzene rings is 1. The molecule has 0 radical (unpaired) electrons. The molecular weight excluding hydrogens is 476 g/mol. The molecule has 8 nitrogen and oxygen atoms in total. The Kier molecular flexibility index (Phi) is 5.87. The molecule has 3 aliphatic rings. The smallest absolute Gasteiger partial charge is 0.258 e. The minimum Gasteiger partial charge on any atom is -0.384 e. The standard InChI is InChI=1S/C27H36N4O4S/c1-18-15-22(25(2,3)33)28-23(16-18)29-24(32)20-6-5-19(30-36(34,35)26(4)7-8-26)17-21(20)31-13-11-27(9-10-27)12-14-31/h5-6,15-17,30,33H,7-14H2,1-4H3,(H,28,29,32). The van der Waals surface area contributed by atoms with Gasteiger partial charge in [-0.25, -0.2) is 13.4 Å². The number of carbonyl (C=O) groups is 1. The number of carbonyl (C=O) groups excluding carboxylic acids is 1. The van der Waals surface area contributed by atoms with Crippen molar-refractivity contribution in [2.75, 3.05) is 28.0 Å². The van der Waals surface area contributed by atoms with Gasteiger partial charge in [-0.05, 0) is 108 Å². The SMILES string of the molecule is Cc1cc(NC(=O)c2ccc(NS(=O)(=O)C3(C)CC3)cc2N2CCC3(CC2)CC3)nc(C(C)(C)O)c1. The molecule has 9 heteroatoms. The highest BCUT2D eigenvalue weighted by Gasteiger charge is 2.50. The lowest BCUT2D eigenvalue weighted by Crippen LogP contribution is -2.36. The van der Waals surface area contributed by atoms with Gasteiger partial charge in [0.1, 0.15) is 11.4 Å². The molecule has 5 rings (SSSR count). The van der Waals surface area contributed by atoms with Gasteiger partial charge in [0, 0.05) is 13.1 Å². The highest BCUT2D eigenvalue weighted by molar-refractivity contribution is 7.94. The fraction of sp³-hybridized carbons (Fsp3) is 0.556. The van der Waals surface area contributed by atoms with Crippen molar-refractivity contribution in [3.8, 4) is 0 Å². The van der Waals surface area contributed by atoms with Crippen LogP contribution in [0.25, 0.3) is 0 Å². The minimum atomic E-state index is -3.50. The van der Waals surface area contributed by atoms with Crippen LogP contribution >= 0.6 is 0 Å². The number of nitrogens with one attached hydrogen (secondary N) is 2. The summed E-state index contributed by atoms with van der Waals surface area (Å²) in [5, 5.41) is 13.3. The van der Waals surface area contributed by atoms with E-state index in [1.165, 1.54) is 12.8 Å². The summed E-state index contributed by atoms with van der Waals surface area (Å²) in [7, 11) is -3.50. The molecule has 2 heterocycles. The van der Waals surface area contributed by atoms with Gasteiger partial charge >= 0.3 is 0 Å². The zero-order chi connectivity index (χ0) is 25.9. The Balaban J connectivity index is 1.45. The van der Waals surface area contributed by atoms with E-state index >= 15 is 0 Å². The number of hydrogen-bond acceptors (Lipinski definition) is 6. The highest BCUT2D eigenvalue weighted by Crippen LogP contribution is 2.54. The zero-order valence-electron chi connectivity index (χ0n) is 21.5. The third-order valence-corrected chi connectivity index (χ3v) is 10.3. The average Bonchev–Trinajstić information content (AvgIpc) is 3.72. The maximum Gasteiger partial charge on any atom is 0.258 e. The van der Waals surface area contributed by atoms with Gasteiger partial charge in [0.2, 0.25) is 10.0 Å². The summed E-state index contributed by atoms with van der Waals surface area (Å²) in [6, 6.07) is 8.69. The molecule has 2 aromatic rings. The molecule has 1 saturated heterocycles. The first-order valence-electron chi connectivity index (χ1n) is 12.7. The maximum atomic E-state index is 13.5. The lowest BCUT2D eigenvalue weighted by atomic mass is 9.93.